The van der Waals surface area contributed by atoms with Crippen molar-refractivity contribution in [2.45, 2.75) is 13.3 Å². The van der Waals surface area contributed by atoms with Crippen LogP contribution in [-0.2, 0) is 6.42 Å². The second kappa shape index (κ2) is 3.21. The molecule has 1 amide bonds. The summed E-state index contributed by atoms with van der Waals surface area (Å²) in [4.78, 5) is 14.7. The zero-order valence-corrected chi connectivity index (χ0v) is 6.87. The summed E-state index contributed by atoms with van der Waals surface area (Å²) in [6.45, 7) is 1.93. The van der Waals surface area contributed by atoms with Gasteiger partial charge in [0.15, 0.2) is 0 Å². The molecule has 1 aromatic heterocycles. The third-order valence-electron chi connectivity index (χ3n) is 1.69. The number of aryl methyl sites for hydroxylation is 1. The van der Waals surface area contributed by atoms with Gasteiger partial charge in [-0.15, -0.1) is 0 Å². The maximum Gasteiger partial charge on any atom is 0.252 e. The largest absolute Gasteiger partial charge is 0.383 e. The number of carbonyl (C=O) groups excluding carboxylic acids is 1. The van der Waals surface area contributed by atoms with Crippen molar-refractivity contribution in [3.8, 4) is 0 Å². The van der Waals surface area contributed by atoms with Crippen LogP contribution in [0.25, 0.3) is 0 Å². The Morgan fingerprint density at radius 3 is 2.75 bits per heavy atom. The number of carbonyl (C=O) groups is 1. The van der Waals surface area contributed by atoms with Crippen LogP contribution >= 0.6 is 0 Å². The Balaban J connectivity index is 3.29. The summed E-state index contributed by atoms with van der Waals surface area (Å²) in [6.07, 6.45) is 2.30. The number of hydrogen-bond acceptors (Lipinski definition) is 3. The molecule has 0 unspecified atom stereocenters. The van der Waals surface area contributed by atoms with Crippen LogP contribution in [-0.4, -0.2) is 10.9 Å². The van der Waals surface area contributed by atoms with Crippen molar-refractivity contribution in [1.82, 2.24) is 4.98 Å². The molecular formula is C8H11N3O. The highest BCUT2D eigenvalue weighted by Crippen LogP contribution is 2.13. The van der Waals surface area contributed by atoms with Crippen LogP contribution in [0.15, 0.2) is 12.3 Å². The SMILES string of the molecule is CCc1ccnc(N)c1C(N)=O. The van der Waals surface area contributed by atoms with Gasteiger partial charge in [-0.3, -0.25) is 4.79 Å². The van der Waals surface area contributed by atoms with E-state index in [1.165, 1.54) is 0 Å². The molecule has 0 aliphatic heterocycles. The molecule has 0 saturated carbocycles. The average molecular weight is 165 g/mol. The van der Waals surface area contributed by atoms with Crippen LogP contribution in [0, 0.1) is 0 Å². The second-order valence-corrected chi connectivity index (χ2v) is 2.45. The molecule has 4 nitrogen and oxygen atoms in total. The number of nitrogens with two attached hydrogens (primary N) is 2. The number of hydrogen-bond donors (Lipinski definition) is 2. The molecule has 64 valence electrons. The van der Waals surface area contributed by atoms with E-state index in [1.54, 1.807) is 12.3 Å². The van der Waals surface area contributed by atoms with E-state index in [1.807, 2.05) is 6.92 Å². The fraction of sp³-hybridized carbons (Fsp3) is 0.250. The highest BCUT2D eigenvalue weighted by Gasteiger charge is 2.10. The maximum absolute atomic E-state index is 10.9. The van der Waals surface area contributed by atoms with Gasteiger partial charge in [0.2, 0.25) is 0 Å². The summed E-state index contributed by atoms with van der Waals surface area (Å²) >= 11 is 0. The van der Waals surface area contributed by atoms with Crippen molar-refractivity contribution in [3.05, 3.63) is 23.4 Å². The first-order chi connectivity index (χ1) is 5.66. The number of nitrogens with zero attached hydrogens (tertiary/aromatic N) is 1. The topological polar surface area (TPSA) is 82.0 Å². The Morgan fingerprint density at radius 1 is 1.67 bits per heavy atom. The van der Waals surface area contributed by atoms with Gasteiger partial charge < -0.3 is 11.5 Å². The number of primary amides is 1. The van der Waals surface area contributed by atoms with Crippen LogP contribution in [0.3, 0.4) is 0 Å². The number of anilines is 1. The van der Waals surface area contributed by atoms with Crippen LogP contribution in [0.2, 0.25) is 0 Å². The average Bonchev–Trinajstić information content (AvgIpc) is 2.03. The van der Waals surface area contributed by atoms with Gasteiger partial charge in [-0.05, 0) is 18.1 Å². The predicted octanol–water partition coefficient (Wildman–Crippen LogP) is 0.325. The number of nitrogen functional groups attached to an aromatic ring is 1. The normalized spacial score (nSPS) is 9.75. The monoisotopic (exact) mass is 165 g/mol. The molecule has 4 N–H and O–H groups in total. The zero-order valence-electron chi connectivity index (χ0n) is 6.87. The molecule has 0 bridgehead atoms. The Hall–Kier alpha value is -1.58. The molecule has 0 fully saturated rings. The van der Waals surface area contributed by atoms with E-state index in [9.17, 15) is 4.79 Å². The number of pyridine rings is 1. The third kappa shape index (κ3) is 1.37. The van der Waals surface area contributed by atoms with E-state index in [2.05, 4.69) is 4.98 Å². The van der Waals surface area contributed by atoms with Crippen LogP contribution in [0.1, 0.15) is 22.8 Å². The van der Waals surface area contributed by atoms with E-state index in [0.29, 0.717) is 5.56 Å². The maximum atomic E-state index is 10.9. The van der Waals surface area contributed by atoms with Crippen molar-refractivity contribution >= 4 is 11.7 Å². The smallest absolute Gasteiger partial charge is 0.252 e. The van der Waals surface area contributed by atoms with Crippen LogP contribution in [0.5, 0.6) is 0 Å². The molecule has 12 heavy (non-hydrogen) atoms. The van der Waals surface area contributed by atoms with Crippen molar-refractivity contribution in [1.29, 1.82) is 0 Å². The summed E-state index contributed by atoms with van der Waals surface area (Å²) < 4.78 is 0. The Morgan fingerprint density at radius 2 is 2.33 bits per heavy atom. The minimum atomic E-state index is -0.516. The van der Waals surface area contributed by atoms with Crippen molar-refractivity contribution in [3.63, 3.8) is 0 Å². The zero-order chi connectivity index (χ0) is 9.14. The number of rotatable bonds is 2. The van der Waals surface area contributed by atoms with E-state index in [0.717, 1.165) is 12.0 Å². The van der Waals surface area contributed by atoms with Gasteiger partial charge in [0, 0.05) is 6.20 Å². The van der Waals surface area contributed by atoms with Gasteiger partial charge in [0.1, 0.15) is 5.82 Å². The summed E-state index contributed by atoms with van der Waals surface area (Å²) in [6, 6.07) is 1.75. The van der Waals surface area contributed by atoms with Gasteiger partial charge in [0.25, 0.3) is 5.91 Å². The van der Waals surface area contributed by atoms with E-state index in [-0.39, 0.29) is 5.82 Å². The standard InChI is InChI=1S/C8H11N3O/c1-2-5-3-4-11-7(9)6(5)8(10)12/h3-4H,2H2,1H3,(H2,9,11)(H2,10,12). The number of aromatic nitrogens is 1. The molecule has 0 spiro atoms. The van der Waals surface area contributed by atoms with Gasteiger partial charge in [-0.25, -0.2) is 4.98 Å². The van der Waals surface area contributed by atoms with E-state index >= 15 is 0 Å². The lowest BCUT2D eigenvalue weighted by molar-refractivity contribution is 0.1000. The Bertz CT molecular complexity index is 309. The highest BCUT2D eigenvalue weighted by atomic mass is 16.1. The van der Waals surface area contributed by atoms with Crippen LogP contribution < -0.4 is 11.5 Å². The Kier molecular flexibility index (Phi) is 2.28. The van der Waals surface area contributed by atoms with E-state index in [4.69, 9.17) is 11.5 Å². The molecule has 1 aromatic rings. The summed E-state index contributed by atoms with van der Waals surface area (Å²) in [5, 5.41) is 0. The van der Waals surface area contributed by atoms with Gasteiger partial charge in [-0.2, -0.15) is 0 Å². The van der Waals surface area contributed by atoms with Crippen molar-refractivity contribution in [2.24, 2.45) is 5.73 Å². The lowest BCUT2D eigenvalue weighted by Gasteiger charge is -2.05. The summed E-state index contributed by atoms with van der Waals surface area (Å²) in [7, 11) is 0. The molecule has 0 atom stereocenters. The van der Waals surface area contributed by atoms with Gasteiger partial charge >= 0.3 is 0 Å². The lowest BCUT2D eigenvalue weighted by Crippen LogP contribution is -2.16. The molecule has 0 aliphatic carbocycles. The molecule has 1 heterocycles. The molecule has 0 aliphatic rings. The molecular weight excluding hydrogens is 154 g/mol. The molecule has 0 saturated heterocycles. The predicted molar refractivity (Wildman–Crippen MR) is 46.5 cm³/mol. The third-order valence-corrected chi connectivity index (χ3v) is 1.69. The fourth-order valence-corrected chi connectivity index (χ4v) is 1.10. The fourth-order valence-electron chi connectivity index (χ4n) is 1.10. The minimum Gasteiger partial charge on any atom is -0.383 e. The summed E-state index contributed by atoms with van der Waals surface area (Å²) in [5.74, 6) is -0.306. The molecule has 4 heteroatoms. The Labute approximate surface area is 70.6 Å². The van der Waals surface area contributed by atoms with Gasteiger partial charge in [0.05, 0.1) is 5.56 Å². The second-order valence-electron chi connectivity index (χ2n) is 2.45. The lowest BCUT2D eigenvalue weighted by atomic mass is 10.1. The van der Waals surface area contributed by atoms with Crippen molar-refractivity contribution < 1.29 is 4.79 Å². The molecule has 0 radical (unpaired) electrons. The van der Waals surface area contributed by atoms with Crippen LogP contribution in [0.4, 0.5) is 5.82 Å². The molecule has 1 rings (SSSR count). The first-order valence-electron chi connectivity index (χ1n) is 3.70. The highest BCUT2D eigenvalue weighted by molar-refractivity contribution is 5.98. The first kappa shape index (κ1) is 8.52. The first-order valence-corrected chi connectivity index (χ1v) is 3.70. The van der Waals surface area contributed by atoms with E-state index < -0.39 is 5.91 Å². The molecule has 0 aromatic carbocycles. The number of amides is 1. The minimum absolute atomic E-state index is 0.210. The summed E-state index contributed by atoms with van der Waals surface area (Å²) in [5.41, 5.74) is 11.8. The van der Waals surface area contributed by atoms with Crippen molar-refractivity contribution in [2.75, 3.05) is 5.73 Å². The quantitative estimate of drug-likeness (QED) is 0.662. The van der Waals surface area contributed by atoms with Gasteiger partial charge in [-0.1, -0.05) is 6.92 Å².